The average molecular weight is 170 g/mol. The maximum Gasteiger partial charge on any atom is 0.156 e. The first-order valence-corrected chi connectivity index (χ1v) is 3.65. The van der Waals surface area contributed by atoms with E-state index in [4.69, 9.17) is 10.2 Å². The quantitative estimate of drug-likeness (QED) is 0.707. The van der Waals surface area contributed by atoms with Crippen LogP contribution in [0.4, 0.5) is 4.39 Å². The number of hydrogen-bond donors (Lipinski definition) is 2. The Morgan fingerprint density at radius 2 is 2.17 bits per heavy atom. The summed E-state index contributed by atoms with van der Waals surface area (Å²) in [5, 5.41) is 17.7. The highest BCUT2D eigenvalue weighted by Crippen LogP contribution is 2.26. The number of halogens is 1. The molecule has 0 spiro atoms. The molecule has 1 rings (SSSR count). The fraction of sp³-hybridized carbons (Fsp3) is 0.333. The molecular formula is C9H11FO2. The Hall–Kier alpha value is -1.09. The normalized spacial score (nSPS) is 15.6. The third kappa shape index (κ3) is 1.74. The number of rotatable bonds is 2. The molecule has 0 aliphatic carbocycles. The van der Waals surface area contributed by atoms with Crippen LogP contribution in [0.25, 0.3) is 0 Å². The number of phenolic OH excluding ortho intramolecular Hbond substituents is 1. The molecule has 2 nitrogen and oxygen atoms in total. The molecule has 3 heteroatoms. The van der Waals surface area contributed by atoms with Crippen LogP contribution in [0.2, 0.25) is 0 Å². The second kappa shape index (κ2) is 3.11. The summed E-state index contributed by atoms with van der Waals surface area (Å²) in [6.07, 6.45) is 0. The topological polar surface area (TPSA) is 40.5 Å². The molecule has 0 amide bonds. The molecule has 0 radical (unpaired) electrons. The Labute approximate surface area is 70.3 Å². The minimum absolute atomic E-state index is 0.00447. The van der Waals surface area contributed by atoms with Crippen LogP contribution in [0, 0.1) is 0 Å². The zero-order valence-electron chi connectivity index (χ0n) is 6.79. The van der Waals surface area contributed by atoms with Gasteiger partial charge in [-0.3, -0.25) is 0 Å². The van der Waals surface area contributed by atoms with Gasteiger partial charge in [-0.05, 0) is 24.6 Å². The van der Waals surface area contributed by atoms with Gasteiger partial charge in [0.2, 0.25) is 0 Å². The van der Waals surface area contributed by atoms with Crippen LogP contribution in [-0.4, -0.2) is 16.8 Å². The Balaban J connectivity index is 3.03. The van der Waals surface area contributed by atoms with Crippen LogP contribution in [-0.2, 0) is 5.67 Å². The largest absolute Gasteiger partial charge is 0.508 e. The summed E-state index contributed by atoms with van der Waals surface area (Å²) < 4.78 is 13.4. The van der Waals surface area contributed by atoms with Crippen molar-refractivity contribution in [3.8, 4) is 5.75 Å². The van der Waals surface area contributed by atoms with Gasteiger partial charge in [0.15, 0.2) is 5.67 Å². The number of alkyl halides is 1. The van der Waals surface area contributed by atoms with Crippen molar-refractivity contribution in [2.24, 2.45) is 0 Å². The Bertz CT molecular complexity index is 271. The predicted octanol–water partition coefficient (Wildman–Crippen LogP) is 1.57. The second-order valence-corrected chi connectivity index (χ2v) is 2.91. The SMILES string of the molecule is CC(F)(CO)c1cccc(O)c1. The van der Waals surface area contributed by atoms with E-state index in [-0.39, 0.29) is 11.3 Å². The zero-order valence-corrected chi connectivity index (χ0v) is 6.79. The van der Waals surface area contributed by atoms with Crippen molar-refractivity contribution < 1.29 is 14.6 Å². The maximum atomic E-state index is 13.4. The van der Waals surface area contributed by atoms with E-state index in [2.05, 4.69) is 0 Å². The van der Waals surface area contributed by atoms with E-state index in [9.17, 15) is 4.39 Å². The van der Waals surface area contributed by atoms with E-state index < -0.39 is 12.3 Å². The summed E-state index contributed by atoms with van der Waals surface area (Å²) in [7, 11) is 0. The number of aliphatic hydroxyl groups excluding tert-OH is 1. The van der Waals surface area contributed by atoms with Gasteiger partial charge in [-0.1, -0.05) is 12.1 Å². The van der Waals surface area contributed by atoms with Crippen molar-refractivity contribution in [1.82, 2.24) is 0 Å². The molecular weight excluding hydrogens is 159 g/mol. The van der Waals surface area contributed by atoms with Gasteiger partial charge in [-0.15, -0.1) is 0 Å². The molecule has 1 atom stereocenters. The molecule has 0 aliphatic rings. The van der Waals surface area contributed by atoms with Gasteiger partial charge in [-0.2, -0.15) is 0 Å². The number of hydrogen-bond acceptors (Lipinski definition) is 2. The molecule has 0 saturated heterocycles. The van der Waals surface area contributed by atoms with Gasteiger partial charge in [-0.25, -0.2) is 4.39 Å². The Morgan fingerprint density at radius 1 is 1.50 bits per heavy atom. The van der Waals surface area contributed by atoms with Crippen LogP contribution < -0.4 is 0 Å². The average Bonchev–Trinajstić information content (AvgIpc) is 2.05. The van der Waals surface area contributed by atoms with E-state index in [1.807, 2.05) is 0 Å². The Kier molecular flexibility index (Phi) is 2.33. The fourth-order valence-electron chi connectivity index (χ4n) is 0.921. The summed E-state index contributed by atoms with van der Waals surface area (Å²) in [6, 6.07) is 5.82. The molecule has 66 valence electrons. The first kappa shape index (κ1) is 9.00. The van der Waals surface area contributed by atoms with Crippen molar-refractivity contribution >= 4 is 0 Å². The van der Waals surface area contributed by atoms with Gasteiger partial charge in [0.1, 0.15) is 5.75 Å². The van der Waals surface area contributed by atoms with E-state index in [0.29, 0.717) is 0 Å². The number of aromatic hydroxyl groups is 1. The zero-order chi connectivity index (χ0) is 9.19. The smallest absolute Gasteiger partial charge is 0.156 e. The summed E-state index contributed by atoms with van der Waals surface area (Å²) in [6.45, 7) is 0.679. The van der Waals surface area contributed by atoms with Crippen LogP contribution in [0.5, 0.6) is 5.75 Å². The van der Waals surface area contributed by atoms with Crippen molar-refractivity contribution in [3.63, 3.8) is 0 Å². The molecule has 0 aliphatic heterocycles. The van der Waals surface area contributed by atoms with E-state index >= 15 is 0 Å². The third-order valence-electron chi connectivity index (χ3n) is 1.74. The van der Waals surface area contributed by atoms with Gasteiger partial charge >= 0.3 is 0 Å². The summed E-state index contributed by atoms with van der Waals surface area (Å²) >= 11 is 0. The summed E-state index contributed by atoms with van der Waals surface area (Å²) in [4.78, 5) is 0. The van der Waals surface area contributed by atoms with Gasteiger partial charge in [0.05, 0.1) is 6.61 Å². The molecule has 0 aromatic heterocycles. The van der Waals surface area contributed by atoms with Gasteiger partial charge in [0.25, 0.3) is 0 Å². The minimum Gasteiger partial charge on any atom is -0.508 e. The van der Waals surface area contributed by atoms with Crippen LogP contribution in [0.15, 0.2) is 24.3 Å². The second-order valence-electron chi connectivity index (χ2n) is 2.91. The van der Waals surface area contributed by atoms with Gasteiger partial charge < -0.3 is 10.2 Å². The van der Waals surface area contributed by atoms with Crippen molar-refractivity contribution in [3.05, 3.63) is 29.8 Å². The van der Waals surface area contributed by atoms with Crippen molar-refractivity contribution in [1.29, 1.82) is 0 Å². The van der Waals surface area contributed by atoms with E-state index in [1.165, 1.54) is 31.2 Å². The van der Waals surface area contributed by atoms with Gasteiger partial charge in [0, 0.05) is 0 Å². The molecule has 0 fully saturated rings. The number of phenols is 1. The fourth-order valence-corrected chi connectivity index (χ4v) is 0.921. The monoisotopic (exact) mass is 170 g/mol. The lowest BCUT2D eigenvalue weighted by Crippen LogP contribution is -2.19. The molecule has 1 aromatic rings. The van der Waals surface area contributed by atoms with Crippen LogP contribution >= 0.6 is 0 Å². The van der Waals surface area contributed by atoms with Crippen molar-refractivity contribution in [2.45, 2.75) is 12.6 Å². The van der Waals surface area contributed by atoms with E-state index in [1.54, 1.807) is 0 Å². The lowest BCUT2D eigenvalue weighted by Gasteiger charge is -2.17. The summed E-state index contributed by atoms with van der Waals surface area (Å²) in [5.41, 5.74) is -1.50. The minimum atomic E-state index is -1.78. The maximum absolute atomic E-state index is 13.4. The lowest BCUT2D eigenvalue weighted by molar-refractivity contribution is 0.0866. The van der Waals surface area contributed by atoms with Crippen LogP contribution in [0.1, 0.15) is 12.5 Å². The highest BCUT2D eigenvalue weighted by molar-refractivity contribution is 5.30. The molecule has 0 heterocycles. The third-order valence-corrected chi connectivity index (χ3v) is 1.74. The lowest BCUT2D eigenvalue weighted by atomic mass is 9.99. The predicted molar refractivity (Wildman–Crippen MR) is 43.7 cm³/mol. The Morgan fingerprint density at radius 3 is 2.67 bits per heavy atom. The van der Waals surface area contributed by atoms with Crippen LogP contribution in [0.3, 0.4) is 0 Å². The molecule has 2 N–H and O–H groups in total. The summed E-state index contributed by atoms with van der Waals surface area (Å²) in [5.74, 6) is 0.00447. The first-order chi connectivity index (χ1) is 5.56. The van der Waals surface area contributed by atoms with E-state index in [0.717, 1.165) is 0 Å². The first-order valence-electron chi connectivity index (χ1n) is 3.65. The number of aliphatic hydroxyl groups is 1. The standard InChI is InChI=1S/C9H11FO2/c1-9(10,6-11)7-3-2-4-8(12)5-7/h2-5,11-12H,6H2,1H3. The highest BCUT2D eigenvalue weighted by atomic mass is 19.1. The number of benzene rings is 1. The van der Waals surface area contributed by atoms with Crippen molar-refractivity contribution in [2.75, 3.05) is 6.61 Å². The molecule has 0 bridgehead atoms. The molecule has 0 saturated carbocycles. The molecule has 12 heavy (non-hydrogen) atoms. The highest BCUT2D eigenvalue weighted by Gasteiger charge is 2.24. The molecule has 1 unspecified atom stereocenters. The molecule has 1 aromatic carbocycles.